The van der Waals surface area contributed by atoms with Gasteiger partial charge < -0.3 is 0 Å². The molecule has 8 heteroatoms. The molecule has 0 aliphatic carbocycles. The first kappa shape index (κ1) is 18.5. The Kier molecular flexibility index (Phi) is 4.82. The van der Waals surface area contributed by atoms with E-state index in [1.165, 1.54) is 35.2 Å². The minimum atomic E-state index is -0.108. The van der Waals surface area contributed by atoms with Crippen LogP contribution in [-0.2, 0) is 11.3 Å². The molecule has 3 aromatic heterocycles. The molecule has 0 aliphatic heterocycles. The largest absolute Gasteiger partial charge is 0.292 e. The summed E-state index contributed by atoms with van der Waals surface area (Å²) >= 11 is 2.77. The minimum Gasteiger partial charge on any atom is -0.292 e. The van der Waals surface area contributed by atoms with Crippen LogP contribution in [0.3, 0.4) is 0 Å². The van der Waals surface area contributed by atoms with Crippen LogP contribution in [0.4, 0.5) is 10.8 Å². The molecule has 4 aromatic rings. The van der Waals surface area contributed by atoms with Crippen molar-refractivity contribution in [3.05, 3.63) is 68.5 Å². The van der Waals surface area contributed by atoms with E-state index in [1.54, 1.807) is 15.8 Å². The Hall–Kier alpha value is -2.84. The van der Waals surface area contributed by atoms with Crippen molar-refractivity contribution in [1.82, 2.24) is 14.5 Å². The number of aryl methyl sites for hydroxylation is 2. The maximum absolute atomic E-state index is 12.6. The second-order valence-electron chi connectivity index (χ2n) is 6.56. The molecule has 1 aromatic carbocycles. The van der Waals surface area contributed by atoms with Gasteiger partial charge in [-0.1, -0.05) is 6.07 Å². The van der Waals surface area contributed by atoms with Gasteiger partial charge in [0.15, 0.2) is 5.13 Å². The van der Waals surface area contributed by atoms with Crippen LogP contribution in [0.15, 0.2) is 46.1 Å². The number of hydrogen-bond donors (Lipinski definition) is 0. The highest BCUT2D eigenvalue weighted by Crippen LogP contribution is 2.30. The first-order valence-corrected chi connectivity index (χ1v) is 10.4. The molecule has 0 atom stereocenters. The number of carbonyl (C=O) groups is 1. The average molecular weight is 411 g/mol. The van der Waals surface area contributed by atoms with Gasteiger partial charge in [-0.15, -0.1) is 22.7 Å². The van der Waals surface area contributed by atoms with E-state index >= 15 is 0 Å². The SMILES string of the molecule is CC(=O)N(c1ccc(C)c(C)c1)c1nc(Cn2cnc3ccsc3c2=O)cs1. The summed E-state index contributed by atoms with van der Waals surface area (Å²) in [6.07, 6.45) is 1.54. The number of benzene rings is 1. The standard InChI is InChI=1S/C20H18N4O2S2/c1-12-4-5-16(8-13(12)2)24(14(3)25)20-22-15(10-28-20)9-23-11-21-17-6-7-27-18(17)19(23)26/h4-8,10-11H,9H2,1-3H3. The Morgan fingerprint density at radius 1 is 1.18 bits per heavy atom. The number of fused-ring (bicyclic) bond motifs is 1. The molecule has 0 N–H and O–H groups in total. The summed E-state index contributed by atoms with van der Waals surface area (Å²) in [5.41, 5.74) is 4.42. The average Bonchev–Trinajstić information content (AvgIpc) is 3.30. The molecule has 1 amide bonds. The number of aromatic nitrogens is 3. The van der Waals surface area contributed by atoms with Crippen LogP contribution in [0.2, 0.25) is 0 Å². The first-order chi connectivity index (χ1) is 13.4. The van der Waals surface area contributed by atoms with Gasteiger partial charge in [-0.2, -0.15) is 0 Å². The number of rotatable bonds is 4. The van der Waals surface area contributed by atoms with Crippen molar-refractivity contribution in [3.63, 3.8) is 0 Å². The maximum atomic E-state index is 12.6. The molecule has 0 aliphatic rings. The van der Waals surface area contributed by atoms with Gasteiger partial charge in [-0.25, -0.2) is 9.97 Å². The lowest BCUT2D eigenvalue weighted by Gasteiger charge is -2.19. The molecule has 28 heavy (non-hydrogen) atoms. The summed E-state index contributed by atoms with van der Waals surface area (Å²) in [5, 5.41) is 4.32. The van der Waals surface area contributed by atoms with Crippen molar-refractivity contribution in [2.45, 2.75) is 27.3 Å². The normalized spacial score (nSPS) is 11.1. The van der Waals surface area contributed by atoms with Gasteiger partial charge in [0.1, 0.15) is 4.70 Å². The molecule has 0 unspecified atom stereocenters. The maximum Gasteiger partial charge on any atom is 0.271 e. The van der Waals surface area contributed by atoms with Crippen LogP contribution in [0, 0.1) is 13.8 Å². The van der Waals surface area contributed by atoms with Crippen LogP contribution < -0.4 is 10.5 Å². The number of nitrogens with zero attached hydrogens (tertiary/aromatic N) is 4. The minimum absolute atomic E-state index is 0.0767. The molecule has 6 nitrogen and oxygen atoms in total. The third kappa shape index (κ3) is 3.36. The fourth-order valence-corrected chi connectivity index (χ4v) is 4.60. The first-order valence-electron chi connectivity index (χ1n) is 8.69. The molecule has 4 rings (SSSR count). The topological polar surface area (TPSA) is 68.1 Å². The van der Waals surface area contributed by atoms with E-state index in [4.69, 9.17) is 0 Å². The Morgan fingerprint density at radius 2 is 2.00 bits per heavy atom. The van der Waals surface area contributed by atoms with Crippen LogP contribution in [-0.4, -0.2) is 20.4 Å². The van der Waals surface area contributed by atoms with E-state index in [1.807, 2.05) is 48.9 Å². The predicted molar refractivity (Wildman–Crippen MR) is 114 cm³/mol. The van der Waals surface area contributed by atoms with E-state index in [0.29, 0.717) is 21.9 Å². The lowest BCUT2D eigenvalue weighted by molar-refractivity contribution is -0.115. The molecule has 0 bridgehead atoms. The van der Waals surface area contributed by atoms with Crippen LogP contribution >= 0.6 is 22.7 Å². The van der Waals surface area contributed by atoms with E-state index in [0.717, 1.165) is 16.9 Å². The monoisotopic (exact) mass is 410 g/mol. The second-order valence-corrected chi connectivity index (χ2v) is 8.31. The number of hydrogen-bond acceptors (Lipinski definition) is 6. The zero-order chi connectivity index (χ0) is 19.8. The third-order valence-electron chi connectivity index (χ3n) is 4.56. The summed E-state index contributed by atoms with van der Waals surface area (Å²) in [6, 6.07) is 7.73. The summed E-state index contributed by atoms with van der Waals surface area (Å²) < 4.78 is 2.18. The summed E-state index contributed by atoms with van der Waals surface area (Å²) in [4.78, 5) is 35.4. The molecular formula is C20H18N4O2S2. The number of thiazole rings is 1. The van der Waals surface area contributed by atoms with Crippen molar-refractivity contribution in [2.75, 3.05) is 4.90 Å². The van der Waals surface area contributed by atoms with Crippen LogP contribution in [0.5, 0.6) is 0 Å². The smallest absolute Gasteiger partial charge is 0.271 e. The van der Waals surface area contributed by atoms with E-state index < -0.39 is 0 Å². The number of carbonyl (C=O) groups excluding carboxylic acids is 1. The zero-order valence-corrected chi connectivity index (χ0v) is 17.3. The highest BCUT2D eigenvalue weighted by molar-refractivity contribution is 7.17. The lowest BCUT2D eigenvalue weighted by Crippen LogP contribution is -2.23. The number of thiophene rings is 1. The van der Waals surface area contributed by atoms with Crippen molar-refractivity contribution in [3.8, 4) is 0 Å². The molecule has 0 spiro atoms. The Morgan fingerprint density at radius 3 is 2.75 bits per heavy atom. The molecule has 142 valence electrons. The van der Waals surface area contributed by atoms with Crippen molar-refractivity contribution < 1.29 is 4.79 Å². The fourth-order valence-electron chi connectivity index (χ4n) is 2.93. The van der Waals surface area contributed by atoms with Crippen molar-refractivity contribution in [1.29, 1.82) is 0 Å². The van der Waals surface area contributed by atoms with Gasteiger partial charge in [-0.05, 0) is 48.6 Å². The van der Waals surface area contributed by atoms with E-state index in [2.05, 4.69) is 9.97 Å². The van der Waals surface area contributed by atoms with E-state index in [-0.39, 0.29) is 11.5 Å². The van der Waals surface area contributed by atoms with Gasteiger partial charge in [-0.3, -0.25) is 19.1 Å². The molecule has 0 saturated heterocycles. The Balaban J connectivity index is 1.66. The highest BCUT2D eigenvalue weighted by atomic mass is 32.1. The highest BCUT2D eigenvalue weighted by Gasteiger charge is 2.19. The molecule has 0 radical (unpaired) electrons. The second kappa shape index (κ2) is 7.29. The van der Waals surface area contributed by atoms with Crippen LogP contribution in [0.25, 0.3) is 10.2 Å². The molecular weight excluding hydrogens is 392 g/mol. The van der Waals surface area contributed by atoms with Gasteiger partial charge in [0.2, 0.25) is 5.91 Å². The molecule has 0 saturated carbocycles. The van der Waals surface area contributed by atoms with Gasteiger partial charge >= 0.3 is 0 Å². The van der Waals surface area contributed by atoms with Gasteiger partial charge in [0.05, 0.1) is 29.8 Å². The van der Waals surface area contributed by atoms with E-state index in [9.17, 15) is 9.59 Å². The lowest BCUT2D eigenvalue weighted by atomic mass is 10.1. The number of anilines is 2. The summed E-state index contributed by atoms with van der Waals surface area (Å²) in [5.74, 6) is -0.108. The molecule has 3 heterocycles. The Bertz CT molecular complexity index is 1240. The molecule has 0 fully saturated rings. The third-order valence-corrected chi connectivity index (χ3v) is 6.33. The van der Waals surface area contributed by atoms with Crippen LogP contribution in [0.1, 0.15) is 23.7 Å². The summed E-state index contributed by atoms with van der Waals surface area (Å²) in [7, 11) is 0. The van der Waals surface area contributed by atoms with Crippen molar-refractivity contribution >= 4 is 49.6 Å². The predicted octanol–water partition coefficient (Wildman–Crippen LogP) is 4.26. The van der Waals surface area contributed by atoms with Gasteiger partial charge in [0, 0.05) is 12.3 Å². The fraction of sp³-hybridized carbons (Fsp3) is 0.200. The zero-order valence-electron chi connectivity index (χ0n) is 15.7. The summed E-state index contributed by atoms with van der Waals surface area (Å²) in [6.45, 7) is 5.89. The Labute approximate surface area is 169 Å². The number of amides is 1. The van der Waals surface area contributed by atoms with Crippen molar-refractivity contribution in [2.24, 2.45) is 0 Å². The van der Waals surface area contributed by atoms with Gasteiger partial charge in [0.25, 0.3) is 5.56 Å². The quantitative estimate of drug-likeness (QED) is 0.504.